The molecule has 18 heavy (non-hydrogen) atoms. The minimum atomic E-state index is -0.239. The zero-order valence-corrected chi connectivity index (χ0v) is 10.6. The van der Waals surface area contributed by atoms with Gasteiger partial charge in [0.05, 0.1) is 6.61 Å². The highest BCUT2D eigenvalue weighted by atomic mass is 19.1. The van der Waals surface area contributed by atoms with Crippen molar-refractivity contribution in [3.05, 3.63) is 35.1 Å². The van der Waals surface area contributed by atoms with Gasteiger partial charge in [-0.1, -0.05) is 12.5 Å². The van der Waals surface area contributed by atoms with Gasteiger partial charge in [-0.2, -0.15) is 0 Å². The summed E-state index contributed by atoms with van der Waals surface area (Å²) in [5, 5.41) is 9.13. The average molecular weight is 252 g/mol. The van der Waals surface area contributed by atoms with Gasteiger partial charge in [0.1, 0.15) is 5.82 Å². The van der Waals surface area contributed by atoms with Crippen LogP contribution in [0.5, 0.6) is 0 Å². The summed E-state index contributed by atoms with van der Waals surface area (Å²) in [7, 11) is 0. The summed E-state index contributed by atoms with van der Waals surface area (Å²) in [5.74, 6) is -0.239. The molecule has 2 rings (SSSR count). The summed E-state index contributed by atoms with van der Waals surface area (Å²) in [4.78, 5) is 2.27. The number of benzene rings is 1. The maximum atomic E-state index is 13.1. The molecule has 0 atom stereocenters. The minimum Gasteiger partial charge on any atom is -0.395 e. The van der Waals surface area contributed by atoms with Crippen LogP contribution in [0.2, 0.25) is 0 Å². The van der Waals surface area contributed by atoms with Gasteiger partial charge in [0.2, 0.25) is 0 Å². The molecule has 4 heteroatoms. The molecule has 0 aromatic heterocycles. The molecule has 0 heterocycles. The van der Waals surface area contributed by atoms with E-state index in [4.69, 9.17) is 10.8 Å². The molecule has 0 aliphatic heterocycles. The summed E-state index contributed by atoms with van der Waals surface area (Å²) >= 11 is 0. The van der Waals surface area contributed by atoms with Crippen LogP contribution in [-0.2, 0) is 13.1 Å². The monoisotopic (exact) mass is 252 g/mol. The van der Waals surface area contributed by atoms with E-state index < -0.39 is 0 Å². The first-order valence-electron chi connectivity index (χ1n) is 6.57. The summed E-state index contributed by atoms with van der Waals surface area (Å²) in [5.41, 5.74) is 7.58. The Kier molecular flexibility index (Phi) is 4.69. The molecule has 1 aromatic carbocycles. The number of hydrogen-bond acceptors (Lipinski definition) is 3. The largest absolute Gasteiger partial charge is 0.395 e. The van der Waals surface area contributed by atoms with E-state index in [9.17, 15) is 4.39 Å². The van der Waals surface area contributed by atoms with Crippen LogP contribution in [0.3, 0.4) is 0 Å². The Bertz CT molecular complexity index is 393. The summed E-state index contributed by atoms with van der Waals surface area (Å²) in [6, 6.07) is 5.35. The van der Waals surface area contributed by atoms with Gasteiger partial charge < -0.3 is 10.8 Å². The zero-order valence-electron chi connectivity index (χ0n) is 10.6. The van der Waals surface area contributed by atoms with Crippen LogP contribution < -0.4 is 5.73 Å². The van der Waals surface area contributed by atoms with Crippen LogP contribution in [0.25, 0.3) is 0 Å². The molecule has 0 radical (unpaired) electrons. The van der Waals surface area contributed by atoms with Gasteiger partial charge in [-0.05, 0) is 36.1 Å². The fourth-order valence-electron chi connectivity index (χ4n) is 2.43. The van der Waals surface area contributed by atoms with Gasteiger partial charge >= 0.3 is 0 Å². The predicted molar refractivity (Wildman–Crippen MR) is 69.4 cm³/mol. The van der Waals surface area contributed by atoms with Crippen LogP contribution >= 0.6 is 0 Å². The smallest absolute Gasteiger partial charge is 0.123 e. The second-order valence-electron chi connectivity index (χ2n) is 4.90. The van der Waals surface area contributed by atoms with Gasteiger partial charge in [-0.15, -0.1) is 0 Å². The van der Waals surface area contributed by atoms with E-state index in [1.165, 1.54) is 31.4 Å². The summed E-state index contributed by atoms with van der Waals surface area (Å²) in [6.07, 6.45) is 3.65. The molecule has 0 bridgehead atoms. The highest BCUT2D eigenvalue weighted by Crippen LogP contribution is 2.26. The van der Waals surface area contributed by atoms with Gasteiger partial charge in [0.15, 0.2) is 0 Å². The normalized spacial score (nSPS) is 16.0. The Labute approximate surface area is 107 Å². The van der Waals surface area contributed by atoms with Gasteiger partial charge in [0.25, 0.3) is 0 Å². The Morgan fingerprint density at radius 2 is 2.11 bits per heavy atom. The third-order valence-electron chi connectivity index (χ3n) is 3.74. The van der Waals surface area contributed by atoms with Crippen molar-refractivity contribution in [1.29, 1.82) is 0 Å². The van der Waals surface area contributed by atoms with Crippen molar-refractivity contribution < 1.29 is 9.50 Å². The first-order chi connectivity index (χ1) is 8.74. The molecule has 3 nitrogen and oxygen atoms in total. The maximum absolute atomic E-state index is 13.1. The molecule has 0 amide bonds. The topological polar surface area (TPSA) is 49.5 Å². The third kappa shape index (κ3) is 3.07. The number of hydrogen-bond donors (Lipinski definition) is 2. The van der Waals surface area contributed by atoms with Crippen LogP contribution in [0.1, 0.15) is 30.4 Å². The van der Waals surface area contributed by atoms with Crippen molar-refractivity contribution in [2.24, 2.45) is 5.73 Å². The second kappa shape index (κ2) is 6.27. The van der Waals surface area contributed by atoms with Crippen LogP contribution in [0.15, 0.2) is 18.2 Å². The van der Waals surface area contributed by atoms with Crippen molar-refractivity contribution in [2.45, 2.75) is 38.4 Å². The van der Waals surface area contributed by atoms with Crippen molar-refractivity contribution in [2.75, 3.05) is 13.2 Å². The molecule has 0 saturated heterocycles. The third-order valence-corrected chi connectivity index (χ3v) is 3.74. The molecule has 0 unspecified atom stereocenters. The number of nitrogens with two attached hydrogens (primary N) is 1. The van der Waals surface area contributed by atoms with E-state index in [0.29, 0.717) is 19.1 Å². The number of aliphatic hydroxyl groups excluding tert-OH is 1. The summed E-state index contributed by atoms with van der Waals surface area (Å²) in [6.45, 7) is 1.93. The SMILES string of the molecule is NCc1cc(F)ccc1CN(CCO)C1CCC1. The Morgan fingerprint density at radius 1 is 1.33 bits per heavy atom. The van der Waals surface area contributed by atoms with Gasteiger partial charge in [0, 0.05) is 25.7 Å². The molecule has 1 aliphatic carbocycles. The van der Waals surface area contributed by atoms with Gasteiger partial charge in [-0.3, -0.25) is 4.90 Å². The lowest BCUT2D eigenvalue weighted by molar-refractivity contribution is 0.0943. The first-order valence-corrected chi connectivity index (χ1v) is 6.57. The molecule has 1 saturated carbocycles. The lowest BCUT2D eigenvalue weighted by Crippen LogP contribution is -2.41. The Morgan fingerprint density at radius 3 is 2.67 bits per heavy atom. The van der Waals surface area contributed by atoms with Crippen molar-refractivity contribution in [3.8, 4) is 0 Å². The molecule has 1 aliphatic rings. The van der Waals surface area contributed by atoms with Crippen molar-refractivity contribution in [1.82, 2.24) is 4.90 Å². The molecular weight excluding hydrogens is 231 g/mol. The molecule has 100 valence electrons. The first kappa shape index (κ1) is 13.5. The van der Waals surface area contributed by atoms with Crippen molar-refractivity contribution >= 4 is 0 Å². The molecule has 0 spiro atoms. The zero-order chi connectivity index (χ0) is 13.0. The molecule has 3 N–H and O–H groups in total. The fraction of sp³-hybridized carbons (Fsp3) is 0.571. The van der Waals surface area contributed by atoms with Crippen LogP contribution in [-0.4, -0.2) is 29.2 Å². The minimum absolute atomic E-state index is 0.162. The number of halogens is 1. The molecular formula is C14H21FN2O. The lowest BCUT2D eigenvalue weighted by Gasteiger charge is -2.37. The molecule has 1 aromatic rings. The predicted octanol–water partition coefficient (Wildman–Crippen LogP) is 1.63. The highest BCUT2D eigenvalue weighted by Gasteiger charge is 2.24. The van der Waals surface area contributed by atoms with Crippen molar-refractivity contribution in [3.63, 3.8) is 0 Å². The van der Waals surface area contributed by atoms with E-state index in [-0.39, 0.29) is 12.4 Å². The average Bonchev–Trinajstić information content (AvgIpc) is 2.29. The van der Waals surface area contributed by atoms with E-state index in [1.54, 1.807) is 6.07 Å². The fourth-order valence-corrected chi connectivity index (χ4v) is 2.43. The lowest BCUT2D eigenvalue weighted by atomic mass is 9.91. The second-order valence-corrected chi connectivity index (χ2v) is 4.90. The van der Waals surface area contributed by atoms with Crippen LogP contribution in [0.4, 0.5) is 4.39 Å². The quantitative estimate of drug-likeness (QED) is 0.809. The van der Waals surface area contributed by atoms with E-state index in [2.05, 4.69) is 4.90 Å². The maximum Gasteiger partial charge on any atom is 0.123 e. The van der Waals surface area contributed by atoms with E-state index in [0.717, 1.165) is 17.7 Å². The Hall–Kier alpha value is -0.970. The number of rotatable bonds is 6. The Balaban J connectivity index is 2.09. The summed E-state index contributed by atoms with van der Waals surface area (Å²) < 4.78 is 13.1. The van der Waals surface area contributed by atoms with Gasteiger partial charge in [-0.25, -0.2) is 4.39 Å². The highest BCUT2D eigenvalue weighted by molar-refractivity contribution is 5.27. The van der Waals surface area contributed by atoms with E-state index in [1.807, 2.05) is 0 Å². The van der Waals surface area contributed by atoms with Crippen LogP contribution in [0, 0.1) is 5.82 Å². The standard InChI is InChI=1S/C14H21FN2O/c15-13-5-4-11(12(8-13)9-16)10-17(6-7-18)14-2-1-3-14/h4-5,8,14,18H,1-3,6-7,9-10,16H2. The number of nitrogens with zero attached hydrogens (tertiary/aromatic N) is 1. The molecule has 1 fully saturated rings. The number of aliphatic hydroxyl groups is 1. The van der Waals surface area contributed by atoms with E-state index >= 15 is 0 Å².